The minimum absolute atomic E-state index is 0.00877. The molecule has 1 heterocycles. The Morgan fingerprint density at radius 1 is 1.23 bits per heavy atom. The molecule has 0 radical (unpaired) electrons. The van der Waals surface area contributed by atoms with Gasteiger partial charge >= 0.3 is 0 Å². The van der Waals surface area contributed by atoms with Gasteiger partial charge in [0.25, 0.3) is 0 Å². The van der Waals surface area contributed by atoms with Crippen LogP contribution in [0, 0.1) is 6.92 Å². The molecule has 0 aliphatic carbocycles. The van der Waals surface area contributed by atoms with E-state index >= 15 is 0 Å². The van der Waals surface area contributed by atoms with Crippen molar-refractivity contribution in [1.29, 1.82) is 0 Å². The maximum Gasteiger partial charge on any atom is 0.150 e. The van der Waals surface area contributed by atoms with Gasteiger partial charge in [0.2, 0.25) is 0 Å². The summed E-state index contributed by atoms with van der Waals surface area (Å²) < 4.78 is 6.34. The molecule has 140 valence electrons. The maximum absolute atomic E-state index is 9.75. The molecule has 4 heteroatoms. The van der Waals surface area contributed by atoms with Crippen LogP contribution in [0.4, 0.5) is 0 Å². The molecular formula is C22H30N2O2. The van der Waals surface area contributed by atoms with Crippen LogP contribution in [-0.2, 0) is 19.5 Å². The Morgan fingerprint density at radius 2 is 2.00 bits per heavy atom. The van der Waals surface area contributed by atoms with Crippen LogP contribution < -0.4 is 10.5 Å². The van der Waals surface area contributed by atoms with Crippen molar-refractivity contribution in [3.8, 4) is 11.5 Å². The number of nitrogens with zero attached hydrogens (tertiary/aromatic N) is 1. The average molecular weight is 354 g/mol. The van der Waals surface area contributed by atoms with Gasteiger partial charge in [0.05, 0.1) is 0 Å². The molecule has 0 saturated heterocycles. The molecule has 3 N–H and O–H groups in total. The third-order valence-corrected chi connectivity index (χ3v) is 5.13. The minimum Gasteiger partial charge on any atom is -0.508 e. The molecule has 3 rings (SSSR count). The molecule has 1 aliphatic heterocycles. The van der Waals surface area contributed by atoms with E-state index in [0.717, 1.165) is 30.8 Å². The van der Waals surface area contributed by atoms with Gasteiger partial charge in [-0.2, -0.15) is 0 Å². The second kappa shape index (κ2) is 7.68. The maximum atomic E-state index is 9.75. The lowest BCUT2D eigenvalue weighted by atomic mass is 9.93. The smallest absolute Gasteiger partial charge is 0.150 e. The van der Waals surface area contributed by atoms with E-state index in [0.29, 0.717) is 18.2 Å². The third-order valence-electron chi connectivity index (χ3n) is 5.13. The van der Waals surface area contributed by atoms with Crippen molar-refractivity contribution in [3.05, 3.63) is 58.1 Å². The molecule has 1 aliphatic rings. The van der Waals surface area contributed by atoms with E-state index in [9.17, 15) is 5.11 Å². The van der Waals surface area contributed by atoms with Crippen LogP contribution in [0.3, 0.4) is 0 Å². The highest BCUT2D eigenvalue weighted by atomic mass is 16.5. The Balaban J connectivity index is 1.89. The number of aryl methyl sites for hydroxylation is 1. The van der Waals surface area contributed by atoms with Crippen LogP contribution in [0.1, 0.15) is 54.5 Å². The minimum atomic E-state index is 0.00877. The topological polar surface area (TPSA) is 58.7 Å². The summed E-state index contributed by atoms with van der Waals surface area (Å²) in [5.41, 5.74) is 11.7. The van der Waals surface area contributed by atoms with Gasteiger partial charge < -0.3 is 15.6 Å². The number of rotatable bonds is 5. The summed E-state index contributed by atoms with van der Waals surface area (Å²) >= 11 is 0. The number of hydrogen-bond acceptors (Lipinski definition) is 4. The van der Waals surface area contributed by atoms with Crippen molar-refractivity contribution in [2.24, 2.45) is 5.73 Å². The van der Waals surface area contributed by atoms with E-state index < -0.39 is 0 Å². The van der Waals surface area contributed by atoms with Crippen LogP contribution in [0.15, 0.2) is 30.3 Å². The van der Waals surface area contributed by atoms with E-state index in [-0.39, 0.29) is 6.23 Å². The van der Waals surface area contributed by atoms with E-state index in [1.165, 1.54) is 22.3 Å². The fourth-order valence-corrected chi connectivity index (χ4v) is 3.61. The summed E-state index contributed by atoms with van der Waals surface area (Å²) in [6, 6.07) is 10.3. The molecule has 0 amide bonds. The van der Waals surface area contributed by atoms with Gasteiger partial charge in [-0.1, -0.05) is 38.1 Å². The second-order valence-electron chi connectivity index (χ2n) is 7.61. The van der Waals surface area contributed by atoms with E-state index in [1.807, 2.05) is 19.1 Å². The molecule has 4 nitrogen and oxygen atoms in total. The van der Waals surface area contributed by atoms with Crippen LogP contribution in [0.2, 0.25) is 0 Å². The summed E-state index contributed by atoms with van der Waals surface area (Å²) in [5.74, 6) is 1.81. The number of hydrogen-bond donors (Lipinski definition) is 2. The molecule has 0 fully saturated rings. The van der Waals surface area contributed by atoms with Crippen molar-refractivity contribution >= 4 is 0 Å². The first kappa shape index (κ1) is 18.7. The molecule has 1 atom stereocenters. The molecule has 2 aromatic carbocycles. The predicted octanol–water partition coefficient (Wildman–Crippen LogP) is 4.07. The molecule has 0 bridgehead atoms. The normalized spacial score (nSPS) is 17.2. The molecule has 1 unspecified atom stereocenters. The standard InChI is InChI=1S/C22H30N2O2/c1-14(2)20-11-17(7-8-23)10-19-13-24(16(4)26-22(19)20)12-18-5-6-21(25)15(3)9-18/h5-6,9-11,14,16,25H,7-8,12-13,23H2,1-4H3. The second-order valence-corrected chi connectivity index (χ2v) is 7.61. The molecule has 0 aromatic heterocycles. The first-order chi connectivity index (χ1) is 12.4. The van der Waals surface area contributed by atoms with Crippen LogP contribution in [0.5, 0.6) is 11.5 Å². The Morgan fingerprint density at radius 3 is 2.65 bits per heavy atom. The molecule has 0 saturated carbocycles. The Labute approximate surface area is 156 Å². The highest BCUT2D eigenvalue weighted by Crippen LogP contribution is 2.37. The van der Waals surface area contributed by atoms with Crippen molar-refractivity contribution < 1.29 is 9.84 Å². The summed E-state index contributed by atoms with van der Waals surface area (Å²) in [6.45, 7) is 10.8. The van der Waals surface area contributed by atoms with Gasteiger partial charge in [-0.3, -0.25) is 4.90 Å². The summed E-state index contributed by atoms with van der Waals surface area (Å²) in [7, 11) is 0. The Bertz CT molecular complexity index is 786. The van der Waals surface area contributed by atoms with E-state index in [4.69, 9.17) is 10.5 Å². The van der Waals surface area contributed by atoms with Gasteiger partial charge in [0.15, 0.2) is 0 Å². The molecule has 0 spiro atoms. The zero-order valence-electron chi connectivity index (χ0n) is 16.2. The monoisotopic (exact) mass is 354 g/mol. The Hall–Kier alpha value is -2.04. The van der Waals surface area contributed by atoms with Crippen molar-refractivity contribution in [1.82, 2.24) is 4.90 Å². The number of nitrogens with two attached hydrogens (primary N) is 1. The summed E-state index contributed by atoms with van der Waals surface area (Å²) in [6.07, 6.45) is 0.897. The van der Waals surface area contributed by atoms with Crippen molar-refractivity contribution in [2.75, 3.05) is 6.54 Å². The lowest BCUT2D eigenvalue weighted by molar-refractivity contribution is 0.00604. The number of phenolic OH excluding ortho intramolecular Hbond substituents is 1. The quantitative estimate of drug-likeness (QED) is 0.850. The Kier molecular flexibility index (Phi) is 5.54. The third kappa shape index (κ3) is 3.87. The number of fused-ring (bicyclic) bond motifs is 1. The van der Waals surface area contributed by atoms with Gasteiger partial charge in [-0.05, 0) is 61.1 Å². The first-order valence-electron chi connectivity index (χ1n) is 9.44. The zero-order chi connectivity index (χ0) is 18.8. The molecule has 26 heavy (non-hydrogen) atoms. The molecular weight excluding hydrogens is 324 g/mol. The highest BCUT2D eigenvalue weighted by Gasteiger charge is 2.27. The summed E-state index contributed by atoms with van der Waals surface area (Å²) in [5, 5.41) is 9.75. The fraction of sp³-hybridized carbons (Fsp3) is 0.455. The van der Waals surface area contributed by atoms with Crippen molar-refractivity contribution in [3.63, 3.8) is 0 Å². The van der Waals surface area contributed by atoms with Gasteiger partial charge in [-0.25, -0.2) is 0 Å². The van der Waals surface area contributed by atoms with Crippen molar-refractivity contribution in [2.45, 2.75) is 59.4 Å². The zero-order valence-corrected chi connectivity index (χ0v) is 16.2. The van der Waals surface area contributed by atoms with E-state index in [2.05, 4.69) is 37.8 Å². The van der Waals surface area contributed by atoms with Gasteiger partial charge in [0, 0.05) is 18.7 Å². The number of benzene rings is 2. The predicted molar refractivity (Wildman–Crippen MR) is 105 cm³/mol. The van der Waals surface area contributed by atoms with E-state index in [1.54, 1.807) is 6.07 Å². The highest BCUT2D eigenvalue weighted by molar-refractivity contribution is 5.47. The van der Waals surface area contributed by atoms with Gasteiger partial charge in [-0.15, -0.1) is 0 Å². The molecule has 2 aromatic rings. The lowest BCUT2D eigenvalue weighted by Gasteiger charge is -2.37. The summed E-state index contributed by atoms with van der Waals surface area (Å²) in [4.78, 5) is 2.32. The average Bonchev–Trinajstić information content (AvgIpc) is 2.58. The number of phenols is 1. The van der Waals surface area contributed by atoms with Crippen LogP contribution in [-0.4, -0.2) is 22.8 Å². The van der Waals surface area contributed by atoms with Gasteiger partial charge in [0.1, 0.15) is 17.7 Å². The number of ether oxygens (including phenoxy) is 1. The lowest BCUT2D eigenvalue weighted by Crippen LogP contribution is -2.40. The first-order valence-corrected chi connectivity index (χ1v) is 9.44. The fourth-order valence-electron chi connectivity index (χ4n) is 3.61. The largest absolute Gasteiger partial charge is 0.508 e. The van der Waals surface area contributed by atoms with Crippen LogP contribution in [0.25, 0.3) is 0 Å². The van der Waals surface area contributed by atoms with Crippen LogP contribution >= 0.6 is 0 Å². The number of aromatic hydroxyl groups is 1. The SMILES string of the molecule is Cc1cc(CN2Cc3cc(CCN)cc(C(C)C)c3OC2C)ccc1O.